The molecule has 0 unspecified atom stereocenters. The van der Waals surface area contributed by atoms with Crippen molar-refractivity contribution in [2.45, 2.75) is 56.5 Å². The first-order chi connectivity index (χ1) is 12.7. The van der Waals surface area contributed by atoms with E-state index in [2.05, 4.69) is 21.1 Å². The molecule has 0 saturated heterocycles. The van der Waals surface area contributed by atoms with Gasteiger partial charge in [-0.05, 0) is 74.9 Å². The largest absolute Gasteiger partial charge is 0.497 e. The van der Waals surface area contributed by atoms with Gasteiger partial charge in [0.2, 0.25) is 10.0 Å². The predicted octanol–water partition coefficient (Wildman–Crippen LogP) is 3.66. The van der Waals surface area contributed by atoms with Crippen LogP contribution in [0.25, 0.3) is 0 Å². The molecular formula is C20H27N3O3S. The molecule has 146 valence electrons. The van der Waals surface area contributed by atoms with E-state index in [4.69, 9.17) is 4.74 Å². The fraction of sp³-hybridized carbons (Fsp3) is 0.450. The van der Waals surface area contributed by atoms with Gasteiger partial charge in [-0.15, -0.1) is 0 Å². The summed E-state index contributed by atoms with van der Waals surface area (Å²) in [6.45, 7) is 6.03. The second-order valence-electron chi connectivity index (χ2n) is 7.93. The summed E-state index contributed by atoms with van der Waals surface area (Å²) >= 11 is 0. The topological polar surface area (TPSA) is 80.3 Å². The molecule has 0 aliphatic heterocycles. The first-order valence-electron chi connectivity index (χ1n) is 9.09. The average Bonchev–Trinajstić information content (AvgIpc) is 3.43. The molecule has 0 amide bonds. The summed E-state index contributed by atoms with van der Waals surface area (Å²) in [4.78, 5) is 4.42. The van der Waals surface area contributed by atoms with Crippen LogP contribution in [0.4, 0.5) is 5.82 Å². The highest BCUT2D eigenvalue weighted by Gasteiger charge is 2.26. The highest BCUT2D eigenvalue weighted by molar-refractivity contribution is 7.89. The van der Waals surface area contributed by atoms with Crippen molar-refractivity contribution in [1.29, 1.82) is 0 Å². The lowest BCUT2D eigenvalue weighted by Crippen LogP contribution is -2.40. The Morgan fingerprint density at radius 3 is 2.48 bits per heavy atom. The normalized spacial score (nSPS) is 14.8. The maximum absolute atomic E-state index is 12.4. The van der Waals surface area contributed by atoms with Gasteiger partial charge in [-0.2, -0.15) is 0 Å². The van der Waals surface area contributed by atoms with Crippen molar-refractivity contribution in [3.05, 3.63) is 47.7 Å². The van der Waals surface area contributed by atoms with Crippen LogP contribution in [0.2, 0.25) is 0 Å². The van der Waals surface area contributed by atoms with Crippen LogP contribution < -0.4 is 14.8 Å². The molecule has 0 bridgehead atoms. The molecule has 27 heavy (non-hydrogen) atoms. The van der Waals surface area contributed by atoms with Crippen molar-refractivity contribution < 1.29 is 13.2 Å². The Bertz CT molecular complexity index is 899. The van der Waals surface area contributed by atoms with E-state index in [-0.39, 0.29) is 4.90 Å². The highest BCUT2D eigenvalue weighted by atomic mass is 32.2. The molecular weight excluding hydrogens is 362 g/mol. The number of ether oxygens (including phenoxy) is 1. The molecule has 1 aromatic carbocycles. The summed E-state index contributed by atoms with van der Waals surface area (Å²) in [5.74, 6) is 2.10. The molecule has 0 spiro atoms. The van der Waals surface area contributed by atoms with Gasteiger partial charge in [-0.25, -0.2) is 18.1 Å². The van der Waals surface area contributed by atoms with E-state index in [0.29, 0.717) is 18.3 Å². The number of anilines is 1. The smallest absolute Gasteiger partial charge is 0.242 e. The van der Waals surface area contributed by atoms with E-state index in [1.54, 1.807) is 40.0 Å². The summed E-state index contributed by atoms with van der Waals surface area (Å²) in [6, 6.07) is 9.43. The first-order valence-corrected chi connectivity index (χ1v) is 10.6. The third kappa shape index (κ3) is 5.20. The van der Waals surface area contributed by atoms with Gasteiger partial charge in [0.25, 0.3) is 0 Å². The number of hydrogen-bond donors (Lipinski definition) is 2. The lowest BCUT2D eigenvalue weighted by atomic mass is 10.0. The Kier molecular flexibility index (Phi) is 5.44. The summed E-state index contributed by atoms with van der Waals surface area (Å²) in [5.41, 5.74) is 1.99. The molecule has 6 nitrogen and oxygen atoms in total. The Balaban J connectivity index is 1.71. The Morgan fingerprint density at radius 1 is 1.19 bits per heavy atom. The Labute approximate surface area is 161 Å². The average molecular weight is 390 g/mol. The number of benzene rings is 1. The minimum atomic E-state index is -3.58. The van der Waals surface area contributed by atoms with Crippen molar-refractivity contribution in [3.63, 3.8) is 0 Å². The van der Waals surface area contributed by atoms with Crippen molar-refractivity contribution in [1.82, 2.24) is 9.71 Å². The summed E-state index contributed by atoms with van der Waals surface area (Å²) in [5, 5.41) is 3.28. The van der Waals surface area contributed by atoms with Gasteiger partial charge in [0.05, 0.1) is 7.11 Å². The molecule has 1 aliphatic carbocycles. The molecule has 2 N–H and O–H groups in total. The lowest BCUT2D eigenvalue weighted by Gasteiger charge is -2.20. The Morgan fingerprint density at radius 2 is 1.93 bits per heavy atom. The number of methoxy groups -OCH3 is 1. The van der Waals surface area contributed by atoms with Crippen molar-refractivity contribution >= 4 is 15.8 Å². The van der Waals surface area contributed by atoms with Crippen LogP contribution in [0.5, 0.6) is 5.75 Å². The number of hydrogen-bond acceptors (Lipinski definition) is 5. The molecule has 1 saturated carbocycles. The molecule has 1 heterocycles. The van der Waals surface area contributed by atoms with E-state index < -0.39 is 15.6 Å². The zero-order valence-corrected chi connectivity index (χ0v) is 17.1. The van der Waals surface area contributed by atoms with Crippen LogP contribution in [-0.4, -0.2) is 26.1 Å². The lowest BCUT2D eigenvalue weighted by molar-refractivity contribution is 0.414. The zero-order chi connectivity index (χ0) is 19.7. The SMILES string of the molecule is COc1ccc(C2CC2)c(CNc2ccc(S(=O)(=O)NC(C)(C)C)cn2)c1. The van der Waals surface area contributed by atoms with Gasteiger partial charge in [0, 0.05) is 18.3 Å². The molecule has 1 aromatic heterocycles. The quantitative estimate of drug-likeness (QED) is 0.755. The van der Waals surface area contributed by atoms with Gasteiger partial charge in [0.15, 0.2) is 0 Å². The minimum Gasteiger partial charge on any atom is -0.497 e. The molecule has 0 radical (unpaired) electrons. The zero-order valence-electron chi connectivity index (χ0n) is 16.2. The monoisotopic (exact) mass is 389 g/mol. The number of pyridine rings is 1. The molecule has 1 aliphatic rings. The maximum Gasteiger partial charge on any atom is 0.242 e. The van der Waals surface area contributed by atoms with Crippen LogP contribution in [0.15, 0.2) is 41.4 Å². The standard InChI is InChI=1S/C20H27N3O3S/c1-20(2,3)23-27(24,25)17-8-10-19(22-13-17)21-12-15-11-16(26-4)7-9-18(15)14-5-6-14/h7-11,13-14,23H,5-6,12H2,1-4H3,(H,21,22). The van der Waals surface area contributed by atoms with E-state index in [1.165, 1.54) is 30.2 Å². The minimum absolute atomic E-state index is 0.156. The van der Waals surface area contributed by atoms with Crippen LogP contribution in [0, 0.1) is 0 Å². The Hall–Kier alpha value is -2.12. The summed E-state index contributed by atoms with van der Waals surface area (Å²) in [7, 11) is -1.91. The van der Waals surface area contributed by atoms with Gasteiger partial charge < -0.3 is 10.1 Å². The number of nitrogens with one attached hydrogen (secondary N) is 2. The van der Waals surface area contributed by atoms with E-state index in [9.17, 15) is 8.42 Å². The van der Waals surface area contributed by atoms with Gasteiger partial charge in [0.1, 0.15) is 16.5 Å². The van der Waals surface area contributed by atoms with Crippen LogP contribution >= 0.6 is 0 Å². The fourth-order valence-corrected chi connectivity index (χ4v) is 4.31. The number of sulfonamides is 1. The van der Waals surface area contributed by atoms with Crippen molar-refractivity contribution in [2.75, 3.05) is 12.4 Å². The van der Waals surface area contributed by atoms with Crippen LogP contribution in [-0.2, 0) is 16.6 Å². The summed E-state index contributed by atoms with van der Waals surface area (Å²) in [6.07, 6.45) is 3.83. The summed E-state index contributed by atoms with van der Waals surface area (Å²) < 4.78 is 32.7. The number of rotatable bonds is 7. The maximum atomic E-state index is 12.4. The van der Waals surface area contributed by atoms with Crippen LogP contribution in [0.1, 0.15) is 50.7 Å². The second-order valence-corrected chi connectivity index (χ2v) is 9.61. The van der Waals surface area contributed by atoms with Crippen LogP contribution in [0.3, 0.4) is 0 Å². The molecule has 3 rings (SSSR count). The van der Waals surface area contributed by atoms with Crippen molar-refractivity contribution in [2.24, 2.45) is 0 Å². The van der Waals surface area contributed by atoms with Gasteiger partial charge in [-0.3, -0.25) is 0 Å². The van der Waals surface area contributed by atoms with Crippen molar-refractivity contribution in [3.8, 4) is 5.75 Å². The molecule has 0 atom stereocenters. The third-order valence-electron chi connectivity index (χ3n) is 4.31. The number of aromatic nitrogens is 1. The highest BCUT2D eigenvalue weighted by Crippen LogP contribution is 2.42. The third-order valence-corrected chi connectivity index (χ3v) is 6.06. The fourth-order valence-electron chi connectivity index (χ4n) is 2.95. The molecule has 1 fully saturated rings. The van der Waals surface area contributed by atoms with Gasteiger partial charge in [-0.1, -0.05) is 6.07 Å². The van der Waals surface area contributed by atoms with E-state index in [1.807, 2.05) is 12.1 Å². The van der Waals surface area contributed by atoms with Gasteiger partial charge >= 0.3 is 0 Å². The predicted molar refractivity (Wildman–Crippen MR) is 107 cm³/mol. The molecule has 2 aromatic rings. The first kappa shape index (κ1) is 19.6. The molecule has 7 heteroatoms. The number of nitrogens with zero attached hydrogens (tertiary/aromatic N) is 1. The van der Waals surface area contributed by atoms with E-state index >= 15 is 0 Å². The van der Waals surface area contributed by atoms with E-state index in [0.717, 1.165) is 5.75 Å². The second kappa shape index (κ2) is 7.48.